The molecule has 2 aromatic rings. The smallest absolute Gasteiger partial charge is 0.319 e. The molecule has 0 bridgehead atoms. The van der Waals surface area contributed by atoms with Gasteiger partial charge in [-0.3, -0.25) is 4.90 Å². The topological polar surface area (TPSA) is 49.6 Å². The lowest BCUT2D eigenvalue weighted by Gasteiger charge is -2.29. The highest BCUT2D eigenvalue weighted by Crippen LogP contribution is 2.35. The Kier molecular flexibility index (Phi) is 4.83. The van der Waals surface area contributed by atoms with E-state index in [4.69, 9.17) is 28.9 Å². The molecule has 4 nitrogen and oxygen atoms in total. The Hall–Kier alpha value is -1.98. The number of benzene rings is 2. The highest BCUT2D eigenvalue weighted by Gasteiger charge is 2.32. The molecule has 1 atom stereocenters. The zero-order valence-electron chi connectivity index (χ0n) is 12.8. The van der Waals surface area contributed by atoms with Crippen molar-refractivity contribution in [2.24, 2.45) is 5.73 Å². The lowest BCUT2D eigenvalue weighted by molar-refractivity contribution is 0.252. The fraction of sp³-hybridized carbons (Fsp3) is 0.235. The van der Waals surface area contributed by atoms with Crippen LogP contribution in [-0.2, 0) is 0 Å². The van der Waals surface area contributed by atoms with Gasteiger partial charge in [0.15, 0.2) is 0 Å². The Morgan fingerprint density at radius 2 is 2.00 bits per heavy atom. The number of carbonyl (C=O) groups excluding carboxylic acids is 1. The molecule has 1 heterocycles. The van der Waals surface area contributed by atoms with Gasteiger partial charge in [0.1, 0.15) is 5.82 Å². The number of hydrogen-bond acceptors (Lipinski definition) is 2. The summed E-state index contributed by atoms with van der Waals surface area (Å²) >= 11 is 12.3. The van der Waals surface area contributed by atoms with Gasteiger partial charge in [-0.2, -0.15) is 0 Å². The standard InChI is InChI=1S/C17H16Cl2FN3O/c18-14-5-2-6-15(16(14)19)23(17(21)24)13-7-8-22(10-13)12-4-1-3-11(20)9-12/h1-6,9,13H,7-8,10H2,(H2,21,24)/t13-/m1/s1. The summed E-state index contributed by atoms with van der Waals surface area (Å²) in [6.45, 7) is 1.23. The van der Waals surface area contributed by atoms with Crippen LogP contribution in [-0.4, -0.2) is 25.2 Å². The van der Waals surface area contributed by atoms with Crippen LogP contribution in [0.2, 0.25) is 10.0 Å². The van der Waals surface area contributed by atoms with Crippen molar-refractivity contribution in [3.05, 3.63) is 58.3 Å². The van der Waals surface area contributed by atoms with Crippen LogP contribution in [0.5, 0.6) is 0 Å². The minimum Gasteiger partial charge on any atom is -0.369 e. The number of nitrogens with zero attached hydrogens (tertiary/aromatic N) is 2. The molecule has 0 saturated carbocycles. The van der Waals surface area contributed by atoms with E-state index in [1.807, 2.05) is 11.0 Å². The van der Waals surface area contributed by atoms with E-state index in [0.29, 0.717) is 35.2 Å². The van der Waals surface area contributed by atoms with Gasteiger partial charge in [-0.05, 0) is 36.8 Å². The Morgan fingerprint density at radius 1 is 1.25 bits per heavy atom. The predicted molar refractivity (Wildman–Crippen MR) is 95.5 cm³/mol. The molecule has 0 aromatic heterocycles. The predicted octanol–water partition coefficient (Wildman–Crippen LogP) is 4.30. The number of anilines is 2. The van der Waals surface area contributed by atoms with Crippen LogP contribution in [0.3, 0.4) is 0 Å². The first kappa shape index (κ1) is 16.9. The molecule has 0 aliphatic carbocycles. The normalized spacial score (nSPS) is 17.1. The van der Waals surface area contributed by atoms with Crippen molar-refractivity contribution in [2.75, 3.05) is 22.9 Å². The molecule has 0 spiro atoms. The van der Waals surface area contributed by atoms with Crippen molar-refractivity contribution in [2.45, 2.75) is 12.5 Å². The molecular weight excluding hydrogens is 352 g/mol. The van der Waals surface area contributed by atoms with Crippen LogP contribution >= 0.6 is 23.2 Å². The zero-order valence-corrected chi connectivity index (χ0v) is 14.3. The second kappa shape index (κ2) is 6.87. The van der Waals surface area contributed by atoms with E-state index in [1.54, 1.807) is 24.3 Å². The van der Waals surface area contributed by atoms with E-state index in [9.17, 15) is 9.18 Å². The largest absolute Gasteiger partial charge is 0.369 e. The second-order valence-electron chi connectivity index (χ2n) is 5.65. The molecule has 1 saturated heterocycles. The molecule has 24 heavy (non-hydrogen) atoms. The lowest BCUT2D eigenvalue weighted by Crippen LogP contribution is -2.45. The van der Waals surface area contributed by atoms with E-state index < -0.39 is 6.03 Å². The van der Waals surface area contributed by atoms with Gasteiger partial charge in [-0.25, -0.2) is 9.18 Å². The van der Waals surface area contributed by atoms with E-state index in [0.717, 1.165) is 5.69 Å². The Balaban J connectivity index is 1.86. The fourth-order valence-electron chi connectivity index (χ4n) is 3.03. The summed E-state index contributed by atoms with van der Waals surface area (Å²) in [5.74, 6) is -0.291. The van der Waals surface area contributed by atoms with Crippen molar-refractivity contribution in [3.8, 4) is 0 Å². The molecule has 1 aliphatic heterocycles. The van der Waals surface area contributed by atoms with Gasteiger partial charge in [-0.1, -0.05) is 35.3 Å². The Bertz CT molecular complexity index is 771. The van der Waals surface area contributed by atoms with Crippen LogP contribution in [0.4, 0.5) is 20.6 Å². The van der Waals surface area contributed by atoms with Gasteiger partial charge in [0, 0.05) is 18.8 Å². The molecule has 0 radical (unpaired) electrons. The monoisotopic (exact) mass is 367 g/mol. The number of amides is 2. The quantitative estimate of drug-likeness (QED) is 0.879. The number of hydrogen-bond donors (Lipinski definition) is 1. The zero-order chi connectivity index (χ0) is 17.3. The van der Waals surface area contributed by atoms with Gasteiger partial charge in [0.25, 0.3) is 0 Å². The first-order valence-corrected chi connectivity index (χ1v) is 8.26. The summed E-state index contributed by atoms with van der Waals surface area (Å²) in [6.07, 6.45) is 0.697. The van der Waals surface area contributed by atoms with Crippen molar-refractivity contribution < 1.29 is 9.18 Å². The fourth-order valence-corrected chi connectivity index (χ4v) is 3.42. The first-order valence-electron chi connectivity index (χ1n) is 7.50. The van der Waals surface area contributed by atoms with Crippen LogP contribution in [0, 0.1) is 5.82 Å². The molecule has 1 aliphatic rings. The lowest BCUT2D eigenvalue weighted by atomic mass is 10.2. The summed E-state index contributed by atoms with van der Waals surface area (Å²) in [6, 6.07) is 10.7. The van der Waals surface area contributed by atoms with Crippen LogP contribution in [0.15, 0.2) is 42.5 Å². The molecule has 126 valence electrons. The minimum atomic E-state index is -0.592. The van der Waals surface area contributed by atoms with Crippen LogP contribution in [0.25, 0.3) is 0 Å². The van der Waals surface area contributed by atoms with E-state index >= 15 is 0 Å². The van der Waals surface area contributed by atoms with E-state index in [-0.39, 0.29) is 11.9 Å². The third-order valence-corrected chi connectivity index (χ3v) is 4.94. The van der Waals surface area contributed by atoms with Crippen LogP contribution < -0.4 is 15.5 Å². The maximum absolute atomic E-state index is 13.4. The van der Waals surface area contributed by atoms with Gasteiger partial charge >= 0.3 is 6.03 Å². The molecule has 3 rings (SSSR count). The minimum absolute atomic E-state index is 0.165. The van der Waals surface area contributed by atoms with Crippen molar-refractivity contribution in [3.63, 3.8) is 0 Å². The number of rotatable bonds is 3. The maximum atomic E-state index is 13.4. The number of carbonyl (C=O) groups is 1. The van der Waals surface area contributed by atoms with E-state index in [1.165, 1.54) is 17.0 Å². The first-order chi connectivity index (χ1) is 11.5. The van der Waals surface area contributed by atoms with E-state index in [2.05, 4.69) is 0 Å². The highest BCUT2D eigenvalue weighted by atomic mass is 35.5. The number of primary amides is 1. The summed E-state index contributed by atoms with van der Waals surface area (Å²) in [7, 11) is 0. The summed E-state index contributed by atoms with van der Waals surface area (Å²) < 4.78 is 13.4. The average molecular weight is 368 g/mol. The number of halogens is 3. The van der Waals surface area contributed by atoms with Gasteiger partial charge < -0.3 is 10.6 Å². The third kappa shape index (κ3) is 3.28. The summed E-state index contributed by atoms with van der Waals surface area (Å²) in [5.41, 5.74) is 6.85. The Labute approximate surface area is 149 Å². The molecule has 2 aromatic carbocycles. The van der Waals surface area contributed by atoms with Gasteiger partial charge in [0.05, 0.1) is 21.8 Å². The van der Waals surface area contributed by atoms with Crippen molar-refractivity contribution in [1.29, 1.82) is 0 Å². The molecule has 0 unspecified atom stereocenters. The van der Waals surface area contributed by atoms with Crippen molar-refractivity contribution >= 4 is 40.6 Å². The van der Waals surface area contributed by atoms with Crippen molar-refractivity contribution in [1.82, 2.24) is 0 Å². The molecule has 7 heteroatoms. The molecule has 1 fully saturated rings. The maximum Gasteiger partial charge on any atom is 0.319 e. The number of urea groups is 1. The second-order valence-corrected chi connectivity index (χ2v) is 6.43. The average Bonchev–Trinajstić information content (AvgIpc) is 3.01. The SMILES string of the molecule is NC(=O)N(c1cccc(Cl)c1Cl)[C@@H]1CCN(c2cccc(F)c2)C1. The summed E-state index contributed by atoms with van der Waals surface area (Å²) in [4.78, 5) is 15.5. The molecule has 2 N–H and O–H groups in total. The Morgan fingerprint density at radius 3 is 2.71 bits per heavy atom. The summed E-state index contributed by atoms with van der Waals surface area (Å²) in [5, 5.41) is 0.655. The third-order valence-electron chi connectivity index (χ3n) is 4.13. The van der Waals surface area contributed by atoms with Crippen LogP contribution in [0.1, 0.15) is 6.42 Å². The molecular formula is C17H16Cl2FN3O. The molecule has 2 amide bonds. The van der Waals surface area contributed by atoms with Gasteiger partial charge in [-0.15, -0.1) is 0 Å². The highest BCUT2D eigenvalue weighted by molar-refractivity contribution is 6.44. The van der Waals surface area contributed by atoms with Gasteiger partial charge in [0.2, 0.25) is 0 Å². The number of nitrogens with two attached hydrogens (primary N) is 1.